The monoisotopic (exact) mass is 373 g/mol. The third-order valence-electron chi connectivity index (χ3n) is 4.36. The Morgan fingerprint density at radius 1 is 0.964 bits per heavy atom. The molecule has 0 unspecified atom stereocenters. The molecule has 140 valence electrons. The topological polar surface area (TPSA) is 76.4 Å². The Balaban J connectivity index is 1.60. The highest BCUT2D eigenvalue weighted by molar-refractivity contribution is 5.94. The van der Waals surface area contributed by atoms with E-state index in [2.05, 4.69) is 10.3 Å². The number of nitrogens with zero attached hydrogens (tertiary/aromatic N) is 2. The van der Waals surface area contributed by atoms with Crippen molar-refractivity contribution in [1.29, 1.82) is 0 Å². The van der Waals surface area contributed by atoms with E-state index in [4.69, 9.17) is 4.74 Å². The molecular weight excluding hydrogens is 354 g/mol. The van der Waals surface area contributed by atoms with Crippen molar-refractivity contribution in [3.05, 3.63) is 84.6 Å². The quantitative estimate of drug-likeness (QED) is 0.539. The van der Waals surface area contributed by atoms with E-state index in [0.717, 1.165) is 10.9 Å². The van der Waals surface area contributed by atoms with E-state index in [9.17, 15) is 9.90 Å². The highest BCUT2D eigenvalue weighted by Crippen LogP contribution is 2.37. The molecule has 1 amide bonds. The van der Waals surface area contributed by atoms with Crippen molar-refractivity contribution >= 4 is 22.5 Å². The first-order chi connectivity index (χ1) is 13.7. The molecule has 6 nitrogen and oxygen atoms in total. The van der Waals surface area contributed by atoms with E-state index in [0.29, 0.717) is 23.6 Å². The Kier molecular flexibility index (Phi) is 4.93. The molecule has 0 aliphatic carbocycles. The van der Waals surface area contributed by atoms with Crippen LogP contribution in [0.5, 0.6) is 11.8 Å². The number of carbonyl (C=O) groups is 1. The van der Waals surface area contributed by atoms with E-state index in [-0.39, 0.29) is 18.4 Å². The second-order valence-electron chi connectivity index (χ2n) is 6.30. The van der Waals surface area contributed by atoms with E-state index in [1.807, 2.05) is 54.6 Å². The van der Waals surface area contributed by atoms with Gasteiger partial charge in [-0.25, -0.2) is 4.98 Å². The largest absolute Gasteiger partial charge is 0.494 e. The maximum atomic E-state index is 12.3. The molecule has 6 heteroatoms. The molecule has 4 aromatic rings. The first-order valence-electron chi connectivity index (χ1n) is 8.90. The lowest BCUT2D eigenvalue weighted by Crippen LogP contribution is -2.21. The summed E-state index contributed by atoms with van der Waals surface area (Å²) >= 11 is 0. The minimum atomic E-state index is -0.324. The minimum absolute atomic E-state index is 0.111. The van der Waals surface area contributed by atoms with E-state index in [1.54, 1.807) is 29.0 Å². The second kappa shape index (κ2) is 7.84. The molecule has 2 aromatic heterocycles. The van der Waals surface area contributed by atoms with Gasteiger partial charge in [-0.1, -0.05) is 48.5 Å². The van der Waals surface area contributed by atoms with Crippen LogP contribution in [-0.4, -0.2) is 27.2 Å². The Bertz CT molecular complexity index is 1090. The van der Waals surface area contributed by atoms with Crippen LogP contribution in [0.25, 0.3) is 10.8 Å². The summed E-state index contributed by atoms with van der Waals surface area (Å²) in [7, 11) is 0. The van der Waals surface area contributed by atoms with Crippen LogP contribution in [0.1, 0.15) is 5.56 Å². The summed E-state index contributed by atoms with van der Waals surface area (Å²) in [4.78, 5) is 16.3. The fourth-order valence-electron chi connectivity index (χ4n) is 3.07. The zero-order valence-corrected chi connectivity index (χ0v) is 15.1. The van der Waals surface area contributed by atoms with Gasteiger partial charge in [-0.15, -0.1) is 0 Å². The maximum Gasteiger partial charge on any atom is 0.263 e. The molecular formula is C22H19N3O3. The van der Waals surface area contributed by atoms with Crippen LogP contribution < -0.4 is 10.1 Å². The molecule has 0 fully saturated rings. The number of benzene rings is 2. The molecule has 28 heavy (non-hydrogen) atoms. The molecule has 0 bridgehead atoms. The van der Waals surface area contributed by atoms with Crippen molar-refractivity contribution in [1.82, 2.24) is 9.55 Å². The number of hydrogen-bond donors (Lipinski definition) is 2. The van der Waals surface area contributed by atoms with Gasteiger partial charge in [-0.05, 0) is 29.8 Å². The van der Waals surface area contributed by atoms with Crippen LogP contribution in [0.4, 0.5) is 5.82 Å². The van der Waals surface area contributed by atoms with Crippen LogP contribution in [0.2, 0.25) is 0 Å². The molecule has 0 spiro atoms. The Morgan fingerprint density at radius 2 is 1.68 bits per heavy atom. The number of nitrogens with one attached hydrogen (secondary N) is 1. The van der Waals surface area contributed by atoms with Crippen molar-refractivity contribution in [2.45, 2.75) is 6.54 Å². The predicted octanol–water partition coefficient (Wildman–Crippen LogP) is 3.81. The first kappa shape index (κ1) is 17.6. The van der Waals surface area contributed by atoms with Crippen LogP contribution in [0.3, 0.4) is 0 Å². The van der Waals surface area contributed by atoms with Crippen molar-refractivity contribution in [3.63, 3.8) is 0 Å². The Labute approximate surface area is 162 Å². The first-order valence-corrected chi connectivity index (χ1v) is 8.90. The summed E-state index contributed by atoms with van der Waals surface area (Å²) in [5, 5.41) is 14.8. The van der Waals surface area contributed by atoms with Gasteiger partial charge in [0.05, 0.1) is 6.54 Å². The summed E-state index contributed by atoms with van der Waals surface area (Å²) in [5.74, 6) is 0.700. The Morgan fingerprint density at radius 3 is 2.43 bits per heavy atom. The highest BCUT2D eigenvalue weighted by atomic mass is 16.5. The van der Waals surface area contributed by atoms with Crippen molar-refractivity contribution in [3.8, 4) is 11.8 Å². The molecule has 2 heterocycles. The lowest BCUT2D eigenvalue weighted by molar-refractivity contribution is -0.118. The fourth-order valence-corrected chi connectivity index (χ4v) is 3.07. The predicted molar refractivity (Wildman–Crippen MR) is 108 cm³/mol. The van der Waals surface area contributed by atoms with E-state index < -0.39 is 0 Å². The van der Waals surface area contributed by atoms with Gasteiger partial charge in [0.25, 0.3) is 5.91 Å². The average Bonchev–Trinajstić information content (AvgIpc) is 2.99. The molecule has 2 aromatic carbocycles. The standard InChI is InChI=1S/C22H19N3O3/c26-20(24-19-12-6-7-13-23-19)15-28-22-18-11-5-4-10-17(18)21(27)25(22)14-16-8-2-1-3-9-16/h1-13,27H,14-15H2,(H,23,24,26). The molecule has 0 saturated heterocycles. The summed E-state index contributed by atoms with van der Waals surface area (Å²) in [6, 6.07) is 22.5. The van der Waals surface area contributed by atoms with Gasteiger partial charge >= 0.3 is 0 Å². The number of carbonyl (C=O) groups excluding carboxylic acids is 1. The maximum absolute atomic E-state index is 12.3. The smallest absolute Gasteiger partial charge is 0.263 e. The number of pyridine rings is 1. The fraction of sp³-hybridized carbons (Fsp3) is 0.0909. The number of fused-ring (bicyclic) bond motifs is 1. The minimum Gasteiger partial charge on any atom is -0.494 e. The van der Waals surface area contributed by atoms with Gasteiger partial charge in [-0.3, -0.25) is 9.36 Å². The van der Waals surface area contributed by atoms with Crippen molar-refractivity contribution in [2.24, 2.45) is 0 Å². The summed E-state index contributed by atoms with van der Waals surface area (Å²) in [5.41, 5.74) is 1.01. The number of ether oxygens (including phenoxy) is 1. The SMILES string of the molecule is O=C(COc1c2ccccc2c(O)n1Cc1ccccc1)Nc1ccccn1. The summed E-state index contributed by atoms with van der Waals surface area (Å²) < 4.78 is 7.52. The lowest BCUT2D eigenvalue weighted by atomic mass is 10.2. The number of anilines is 1. The average molecular weight is 373 g/mol. The van der Waals surface area contributed by atoms with Crippen LogP contribution in [-0.2, 0) is 11.3 Å². The van der Waals surface area contributed by atoms with Gasteiger partial charge in [0, 0.05) is 17.0 Å². The second-order valence-corrected chi connectivity index (χ2v) is 6.30. The number of amides is 1. The zero-order valence-electron chi connectivity index (χ0n) is 15.1. The molecule has 0 atom stereocenters. The molecule has 2 N–H and O–H groups in total. The van der Waals surface area contributed by atoms with Gasteiger partial charge in [0.15, 0.2) is 6.61 Å². The number of aromatic hydroxyl groups is 1. The number of aromatic nitrogens is 2. The van der Waals surface area contributed by atoms with E-state index in [1.165, 1.54) is 0 Å². The van der Waals surface area contributed by atoms with Gasteiger partial charge in [-0.2, -0.15) is 0 Å². The normalized spacial score (nSPS) is 10.7. The van der Waals surface area contributed by atoms with Crippen LogP contribution in [0, 0.1) is 0 Å². The lowest BCUT2D eigenvalue weighted by Gasteiger charge is -2.12. The molecule has 0 saturated carbocycles. The summed E-state index contributed by atoms with van der Waals surface area (Å²) in [6.07, 6.45) is 1.60. The van der Waals surface area contributed by atoms with Crippen molar-refractivity contribution < 1.29 is 14.6 Å². The van der Waals surface area contributed by atoms with E-state index >= 15 is 0 Å². The third-order valence-corrected chi connectivity index (χ3v) is 4.36. The summed E-state index contributed by atoms with van der Waals surface area (Å²) in [6.45, 7) is 0.233. The molecule has 4 rings (SSSR count). The van der Waals surface area contributed by atoms with Crippen LogP contribution >= 0.6 is 0 Å². The molecule has 0 aliphatic heterocycles. The van der Waals surface area contributed by atoms with Gasteiger partial charge < -0.3 is 15.2 Å². The van der Waals surface area contributed by atoms with Crippen molar-refractivity contribution in [2.75, 3.05) is 11.9 Å². The van der Waals surface area contributed by atoms with Gasteiger partial charge in [0.2, 0.25) is 11.8 Å². The Hall–Kier alpha value is -3.80. The zero-order chi connectivity index (χ0) is 19.3. The highest BCUT2D eigenvalue weighted by Gasteiger charge is 2.18. The molecule has 0 radical (unpaired) electrons. The van der Waals surface area contributed by atoms with Crippen LogP contribution in [0.15, 0.2) is 79.0 Å². The third kappa shape index (κ3) is 3.66. The van der Waals surface area contributed by atoms with Gasteiger partial charge in [0.1, 0.15) is 5.82 Å². The number of hydrogen-bond acceptors (Lipinski definition) is 4. The molecule has 0 aliphatic rings. The number of rotatable bonds is 6.